The Bertz CT molecular complexity index is 1390. The van der Waals surface area contributed by atoms with Gasteiger partial charge in [-0.1, -0.05) is 12.1 Å². The number of amides is 2. The Morgan fingerprint density at radius 2 is 1.47 bits per heavy atom. The SMILES string of the molecule is CON1CCC(N2CCC(n3c(=O)n(CCN(C(=O)OC(C)(C)C)C(=O)OC(C)(C)C)c4ccccc43)CC2)CC1=C=O. The number of likely N-dealkylation sites (tertiary alicyclic amines) is 1. The van der Waals surface area contributed by atoms with Gasteiger partial charge in [0.15, 0.2) is 0 Å². The van der Waals surface area contributed by atoms with Gasteiger partial charge in [0.1, 0.15) is 22.8 Å². The molecule has 12 heteroatoms. The number of ether oxygens (including phenoxy) is 2. The largest absolute Gasteiger partial charge is 0.443 e. The Morgan fingerprint density at radius 3 is 2.00 bits per heavy atom. The second-order valence-corrected chi connectivity index (χ2v) is 13.2. The van der Waals surface area contributed by atoms with Crippen LogP contribution in [0.4, 0.5) is 9.59 Å². The summed E-state index contributed by atoms with van der Waals surface area (Å²) in [5.41, 5.74) is 0.262. The molecule has 2 aliphatic rings. The lowest BCUT2D eigenvalue weighted by molar-refractivity contribution is -0.119. The van der Waals surface area contributed by atoms with E-state index in [2.05, 4.69) is 4.90 Å². The fourth-order valence-corrected chi connectivity index (χ4v) is 5.84. The first-order chi connectivity index (χ1) is 20.2. The molecule has 2 fully saturated rings. The first-order valence-electron chi connectivity index (χ1n) is 15.0. The molecule has 2 aromatic rings. The molecule has 2 amide bonds. The molecule has 0 bridgehead atoms. The van der Waals surface area contributed by atoms with Gasteiger partial charge in [0, 0.05) is 44.7 Å². The van der Waals surface area contributed by atoms with Gasteiger partial charge >= 0.3 is 17.9 Å². The van der Waals surface area contributed by atoms with Gasteiger partial charge in [0.25, 0.3) is 0 Å². The molecule has 2 saturated heterocycles. The highest BCUT2D eigenvalue weighted by Gasteiger charge is 2.34. The molecule has 0 radical (unpaired) electrons. The van der Waals surface area contributed by atoms with E-state index in [1.165, 1.54) is 0 Å². The summed E-state index contributed by atoms with van der Waals surface area (Å²) in [5.74, 6) is 2.03. The van der Waals surface area contributed by atoms with Crippen LogP contribution in [0.5, 0.6) is 0 Å². The number of nitrogens with zero attached hydrogens (tertiary/aromatic N) is 5. The third kappa shape index (κ3) is 7.68. The van der Waals surface area contributed by atoms with Crippen molar-refractivity contribution in [2.45, 2.75) is 97.1 Å². The highest BCUT2D eigenvalue weighted by atomic mass is 16.7. The molecule has 3 heterocycles. The van der Waals surface area contributed by atoms with Crippen molar-refractivity contribution in [3.8, 4) is 0 Å². The van der Waals surface area contributed by atoms with Gasteiger partial charge in [0.2, 0.25) is 0 Å². The van der Waals surface area contributed by atoms with E-state index >= 15 is 0 Å². The minimum atomic E-state index is -0.824. The van der Waals surface area contributed by atoms with Crippen LogP contribution in [0.2, 0.25) is 0 Å². The van der Waals surface area contributed by atoms with E-state index in [0.717, 1.165) is 48.3 Å². The Balaban J connectivity index is 1.53. The zero-order valence-corrected chi connectivity index (χ0v) is 26.4. The molecule has 4 rings (SSSR count). The van der Waals surface area contributed by atoms with Crippen LogP contribution in [-0.2, 0) is 25.7 Å². The summed E-state index contributed by atoms with van der Waals surface area (Å²) >= 11 is 0. The maximum Gasteiger partial charge on any atom is 0.419 e. The summed E-state index contributed by atoms with van der Waals surface area (Å²) in [5, 5.41) is 1.61. The van der Waals surface area contributed by atoms with E-state index in [1.54, 1.807) is 58.3 Å². The second-order valence-electron chi connectivity index (χ2n) is 13.2. The number of rotatable bonds is 6. The summed E-state index contributed by atoms with van der Waals surface area (Å²) < 4.78 is 14.4. The third-order valence-corrected chi connectivity index (χ3v) is 7.76. The fourth-order valence-electron chi connectivity index (χ4n) is 5.84. The predicted molar refractivity (Wildman–Crippen MR) is 161 cm³/mol. The lowest BCUT2D eigenvalue weighted by Crippen LogP contribution is -2.47. The maximum atomic E-state index is 13.9. The molecule has 0 aliphatic carbocycles. The summed E-state index contributed by atoms with van der Waals surface area (Å²) in [7, 11) is 1.56. The van der Waals surface area contributed by atoms with Crippen molar-refractivity contribution >= 4 is 29.2 Å². The summed E-state index contributed by atoms with van der Waals surface area (Å²) in [4.78, 5) is 60.0. The summed E-state index contributed by atoms with van der Waals surface area (Å²) in [6, 6.07) is 7.81. The van der Waals surface area contributed by atoms with Crippen LogP contribution in [0.3, 0.4) is 0 Å². The van der Waals surface area contributed by atoms with E-state index in [1.807, 2.05) is 34.8 Å². The number of hydroxylamine groups is 2. The number of carbonyl (C=O) groups excluding carboxylic acids is 3. The number of aromatic nitrogens is 2. The Labute approximate surface area is 252 Å². The van der Waals surface area contributed by atoms with E-state index in [9.17, 15) is 19.2 Å². The van der Waals surface area contributed by atoms with Crippen LogP contribution in [0.1, 0.15) is 73.3 Å². The minimum Gasteiger partial charge on any atom is -0.443 e. The number of imide groups is 1. The molecular formula is C31H45N5O7. The van der Waals surface area contributed by atoms with Gasteiger partial charge in [-0.25, -0.2) is 29.1 Å². The number of imidazole rings is 1. The number of carbonyl (C=O) groups is 2. The average Bonchev–Trinajstić information content (AvgIpc) is 3.21. The first-order valence-corrected chi connectivity index (χ1v) is 15.0. The average molecular weight is 600 g/mol. The molecule has 1 unspecified atom stereocenters. The summed E-state index contributed by atoms with van der Waals surface area (Å²) in [6.07, 6.45) is 1.38. The van der Waals surface area contributed by atoms with Crippen LogP contribution in [-0.4, -0.2) is 92.7 Å². The Hall–Kier alpha value is -3.60. The van der Waals surface area contributed by atoms with E-state index in [-0.39, 0.29) is 30.9 Å². The molecule has 12 nitrogen and oxygen atoms in total. The van der Waals surface area contributed by atoms with Crippen LogP contribution >= 0.6 is 0 Å². The van der Waals surface area contributed by atoms with Crippen molar-refractivity contribution in [2.75, 3.05) is 33.3 Å². The minimum absolute atomic E-state index is 0.0112. The quantitative estimate of drug-likeness (QED) is 0.447. The zero-order chi connectivity index (χ0) is 31.5. The molecule has 1 aromatic carbocycles. The lowest BCUT2D eigenvalue weighted by Gasteiger charge is -2.41. The number of benzene rings is 1. The highest BCUT2D eigenvalue weighted by Crippen LogP contribution is 2.30. The van der Waals surface area contributed by atoms with Crippen molar-refractivity contribution in [3.63, 3.8) is 0 Å². The van der Waals surface area contributed by atoms with E-state index < -0.39 is 23.4 Å². The van der Waals surface area contributed by atoms with Crippen molar-refractivity contribution in [2.24, 2.45) is 0 Å². The number of para-hydroxylation sites is 2. The van der Waals surface area contributed by atoms with Crippen molar-refractivity contribution < 1.29 is 28.7 Å². The molecule has 1 aromatic heterocycles. The topological polar surface area (TPSA) is 116 Å². The molecule has 0 spiro atoms. The molecule has 0 saturated carbocycles. The van der Waals surface area contributed by atoms with Gasteiger partial charge in [-0.05, 0) is 72.9 Å². The van der Waals surface area contributed by atoms with Crippen LogP contribution in [0.15, 0.2) is 34.8 Å². The standard InChI is InChI=1S/C31H45N5O7/c1-30(2,3)42-28(39)34(29(40)43-31(4,5)6)19-18-33-25-10-8-9-11-26(25)36(27(33)38)22-12-15-32(16-13-22)23-14-17-35(41-7)24(20-23)21-37/h8-11,22-23H,12-20H2,1-7H3. The lowest BCUT2D eigenvalue weighted by atomic mass is 9.97. The van der Waals surface area contributed by atoms with Crippen LogP contribution < -0.4 is 5.69 Å². The number of piperidine rings is 2. The van der Waals surface area contributed by atoms with Gasteiger partial charge in [-0.2, -0.15) is 0 Å². The normalized spacial score (nSPS) is 18.9. The molecule has 0 N–H and O–H groups in total. The van der Waals surface area contributed by atoms with Crippen molar-refractivity contribution in [1.82, 2.24) is 24.0 Å². The number of hydrogen-bond acceptors (Lipinski definition) is 9. The number of fused-ring (bicyclic) bond motifs is 1. The van der Waals surface area contributed by atoms with Gasteiger partial charge in [-0.3, -0.25) is 18.9 Å². The van der Waals surface area contributed by atoms with Crippen LogP contribution in [0, 0.1) is 0 Å². The predicted octanol–water partition coefficient (Wildman–Crippen LogP) is 4.35. The van der Waals surface area contributed by atoms with Gasteiger partial charge < -0.3 is 9.47 Å². The fraction of sp³-hybridized carbons (Fsp3) is 0.645. The smallest absolute Gasteiger partial charge is 0.419 e. The monoisotopic (exact) mass is 599 g/mol. The molecule has 43 heavy (non-hydrogen) atoms. The van der Waals surface area contributed by atoms with Gasteiger partial charge in [-0.15, -0.1) is 0 Å². The Kier molecular flexibility index (Phi) is 9.73. The van der Waals surface area contributed by atoms with E-state index in [4.69, 9.17) is 14.3 Å². The summed E-state index contributed by atoms with van der Waals surface area (Å²) in [6.45, 7) is 12.6. The Morgan fingerprint density at radius 1 is 0.907 bits per heavy atom. The first kappa shape index (κ1) is 32.3. The van der Waals surface area contributed by atoms with E-state index in [0.29, 0.717) is 18.7 Å². The zero-order valence-electron chi connectivity index (χ0n) is 26.4. The van der Waals surface area contributed by atoms with Crippen molar-refractivity contribution in [1.29, 1.82) is 0 Å². The van der Waals surface area contributed by atoms with Crippen LogP contribution in [0.25, 0.3) is 11.0 Å². The highest BCUT2D eigenvalue weighted by molar-refractivity contribution is 5.88. The second kappa shape index (κ2) is 13.0. The van der Waals surface area contributed by atoms with Gasteiger partial charge in [0.05, 0.1) is 24.7 Å². The maximum absolute atomic E-state index is 13.9. The van der Waals surface area contributed by atoms with Crippen molar-refractivity contribution in [3.05, 3.63) is 40.4 Å². The third-order valence-electron chi connectivity index (χ3n) is 7.76. The molecule has 1 atom stereocenters. The molecule has 236 valence electrons. The molecular weight excluding hydrogens is 554 g/mol. The number of hydrogen-bond donors (Lipinski definition) is 0. The molecule has 2 aliphatic heterocycles.